The van der Waals surface area contributed by atoms with Gasteiger partial charge in [0.1, 0.15) is 0 Å². The van der Waals surface area contributed by atoms with Gasteiger partial charge < -0.3 is 14.7 Å². The number of carbonyl (C=O) groups is 1. The van der Waals surface area contributed by atoms with Gasteiger partial charge in [-0.05, 0) is 0 Å². The van der Waals surface area contributed by atoms with Crippen LogP contribution >= 0.6 is 7.60 Å². The zero-order chi connectivity index (χ0) is 7.65. The second kappa shape index (κ2) is 2.47. The largest absolute Gasteiger partial charge is 0.413 e. The summed E-state index contributed by atoms with van der Waals surface area (Å²) in [6, 6.07) is 0. The number of amides is 1. The van der Waals surface area contributed by atoms with E-state index in [1.54, 1.807) is 0 Å². The summed E-state index contributed by atoms with van der Waals surface area (Å²) < 4.78 is 10.1. The molecule has 0 aliphatic carbocycles. The maximum Gasteiger partial charge on any atom is 0.413 e. The number of carbonyl (C=O) groups excluding carboxylic acids is 1. The van der Waals surface area contributed by atoms with E-state index in [0.29, 0.717) is 0 Å². The van der Waals surface area contributed by atoms with Crippen molar-refractivity contribution in [3.8, 4) is 0 Å². The van der Waals surface area contributed by atoms with Crippen LogP contribution in [0, 0.1) is 0 Å². The molecular weight excluding hydrogens is 145 g/mol. The second-order valence-corrected chi connectivity index (χ2v) is 3.19. The lowest BCUT2D eigenvalue weighted by atomic mass is 11.0. The molecule has 5 nitrogen and oxygen atoms in total. The van der Waals surface area contributed by atoms with Crippen LogP contribution in [0.3, 0.4) is 0 Å². The van der Waals surface area contributed by atoms with E-state index in [9.17, 15) is 9.36 Å². The Morgan fingerprint density at radius 2 is 1.78 bits per heavy atom. The van der Waals surface area contributed by atoms with Crippen molar-refractivity contribution in [2.45, 2.75) is 0 Å². The van der Waals surface area contributed by atoms with Crippen molar-refractivity contribution >= 4 is 13.2 Å². The molecule has 0 aliphatic heterocycles. The third-order valence-electron chi connectivity index (χ3n) is 0.632. The van der Waals surface area contributed by atoms with Gasteiger partial charge in [0.2, 0.25) is 0 Å². The third kappa shape index (κ3) is 2.60. The van der Waals surface area contributed by atoms with Gasteiger partial charge in [0.25, 0.3) is 0 Å². The van der Waals surface area contributed by atoms with Crippen molar-refractivity contribution < 1.29 is 19.1 Å². The molecule has 0 bridgehead atoms. The highest BCUT2D eigenvalue weighted by Crippen LogP contribution is 2.36. The van der Waals surface area contributed by atoms with Gasteiger partial charge in [-0.1, -0.05) is 0 Å². The molecule has 9 heavy (non-hydrogen) atoms. The average molecular weight is 153 g/mol. The minimum atomic E-state index is -4.53. The zero-order valence-corrected chi connectivity index (χ0v) is 6.00. The smallest absolute Gasteiger partial charge is 0.338 e. The molecule has 0 saturated heterocycles. The first-order valence-electron chi connectivity index (χ1n) is 2.13. The fourth-order valence-electron chi connectivity index (χ4n) is 0.261. The molecule has 0 aromatic carbocycles. The summed E-state index contributed by atoms with van der Waals surface area (Å²) in [7, 11) is -1.97. The maximum absolute atomic E-state index is 10.3. The van der Waals surface area contributed by atoms with Crippen molar-refractivity contribution in [3.05, 3.63) is 0 Å². The van der Waals surface area contributed by atoms with Crippen LogP contribution in [0.4, 0.5) is 4.79 Å². The molecule has 0 saturated carbocycles. The topological polar surface area (TPSA) is 77.8 Å². The van der Waals surface area contributed by atoms with Gasteiger partial charge in [0.05, 0.1) is 0 Å². The number of hydrogen-bond acceptors (Lipinski definition) is 2. The Morgan fingerprint density at radius 1 is 1.44 bits per heavy atom. The van der Waals surface area contributed by atoms with Crippen LogP contribution in [-0.4, -0.2) is 34.4 Å². The van der Waals surface area contributed by atoms with E-state index in [-0.39, 0.29) is 0 Å². The molecule has 0 atom stereocenters. The monoisotopic (exact) mass is 153 g/mol. The Labute approximate surface area is 52.4 Å². The zero-order valence-electron chi connectivity index (χ0n) is 5.11. The fraction of sp³-hybridized carbons (Fsp3) is 0.667. The standard InChI is InChI=1S/C3H8NO4P/c1-4(2)3(5)9(6,7)8/h1-2H3,(H2,6,7,8). The van der Waals surface area contributed by atoms with E-state index in [4.69, 9.17) is 9.79 Å². The summed E-state index contributed by atoms with van der Waals surface area (Å²) in [5.74, 6) is 0. The van der Waals surface area contributed by atoms with Crippen molar-refractivity contribution in [2.24, 2.45) is 0 Å². The Hall–Kier alpha value is -0.380. The fourth-order valence-corrected chi connectivity index (χ4v) is 0.782. The first kappa shape index (κ1) is 8.62. The average Bonchev–Trinajstić information content (AvgIpc) is 1.62. The second-order valence-electron chi connectivity index (χ2n) is 1.72. The lowest BCUT2D eigenvalue weighted by Crippen LogP contribution is -2.19. The first-order chi connectivity index (χ1) is 3.85. The third-order valence-corrected chi connectivity index (χ3v) is 1.53. The van der Waals surface area contributed by atoms with Crippen molar-refractivity contribution in [3.63, 3.8) is 0 Å². The van der Waals surface area contributed by atoms with E-state index < -0.39 is 13.2 Å². The Morgan fingerprint density at radius 3 is 1.78 bits per heavy atom. The SMILES string of the molecule is CN(C)C(=O)P(=O)(O)O. The van der Waals surface area contributed by atoms with Crippen LogP contribution in [0.25, 0.3) is 0 Å². The summed E-state index contributed by atoms with van der Waals surface area (Å²) in [6.07, 6.45) is 0. The van der Waals surface area contributed by atoms with E-state index in [1.165, 1.54) is 14.1 Å². The quantitative estimate of drug-likeness (QED) is 0.513. The molecule has 0 fully saturated rings. The van der Waals surface area contributed by atoms with Gasteiger partial charge >= 0.3 is 13.2 Å². The van der Waals surface area contributed by atoms with Gasteiger partial charge in [-0.2, -0.15) is 0 Å². The van der Waals surface area contributed by atoms with Gasteiger partial charge in [0.15, 0.2) is 0 Å². The van der Waals surface area contributed by atoms with Gasteiger partial charge in [-0.3, -0.25) is 4.79 Å². The molecule has 0 rings (SSSR count). The van der Waals surface area contributed by atoms with E-state index >= 15 is 0 Å². The highest BCUT2D eigenvalue weighted by Gasteiger charge is 2.26. The molecule has 0 aliphatic rings. The lowest BCUT2D eigenvalue weighted by Gasteiger charge is -2.09. The molecule has 0 aromatic heterocycles. The molecule has 54 valence electrons. The molecular formula is C3H8NO4P. The first-order valence-corrected chi connectivity index (χ1v) is 3.74. The van der Waals surface area contributed by atoms with Crippen LogP contribution in [0.2, 0.25) is 0 Å². The highest BCUT2D eigenvalue weighted by molar-refractivity contribution is 7.69. The van der Waals surface area contributed by atoms with Crippen LogP contribution in [0.5, 0.6) is 0 Å². The Bertz CT molecular complexity index is 159. The Balaban J connectivity index is 4.24. The molecule has 0 spiro atoms. The normalized spacial score (nSPS) is 11.1. The highest BCUT2D eigenvalue weighted by atomic mass is 31.2. The summed E-state index contributed by atoms with van der Waals surface area (Å²) in [5.41, 5.74) is -1.16. The number of nitrogens with zero attached hydrogens (tertiary/aromatic N) is 1. The van der Waals surface area contributed by atoms with Crippen LogP contribution in [0.1, 0.15) is 0 Å². The van der Waals surface area contributed by atoms with Crippen molar-refractivity contribution in [1.82, 2.24) is 4.90 Å². The van der Waals surface area contributed by atoms with Gasteiger partial charge in [0, 0.05) is 14.1 Å². The van der Waals surface area contributed by atoms with Gasteiger partial charge in [-0.15, -0.1) is 0 Å². The minimum Gasteiger partial charge on any atom is -0.338 e. The van der Waals surface area contributed by atoms with Crippen LogP contribution in [-0.2, 0) is 4.57 Å². The van der Waals surface area contributed by atoms with Crippen molar-refractivity contribution in [2.75, 3.05) is 14.1 Å². The molecule has 1 amide bonds. The lowest BCUT2D eigenvalue weighted by molar-refractivity contribution is 0.228. The maximum atomic E-state index is 10.3. The summed E-state index contributed by atoms with van der Waals surface area (Å²) >= 11 is 0. The molecule has 0 unspecified atom stereocenters. The predicted molar refractivity (Wildman–Crippen MR) is 31.1 cm³/mol. The number of rotatable bonds is 1. The molecule has 2 N–H and O–H groups in total. The van der Waals surface area contributed by atoms with E-state index in [1.807, 2.05) is 0 Å². The van der Waals surface area contributed by atoms with Crippen molar-refractivity contribution in [1.29, 1.82) is 0 Å². The molecule has 0 heterocycles. The Kier molecular flexibility index (Phi) is 2.37. The van der Waals surface area contributed by atoms with Gasteiger partial charge in [-0.25, -0.2) is 4.57 Å². The van der Waals surface area contributed by atoms with Crippen LogP contribution in [0.15, 0.2) is 0 Å². The molecule has 6 heteroatoms. The summed E-state index contributed by atoms with van der Waals surface area (Å²) in [6.45, 7) is 0. The molecule has 0 aromatic rings. The van der Waals surface area contributed by atoms with E-state index in [2.05, 4.69) is 0 Å². The predicted octanol–water partition coefficient (Wildman–Crippen LogP) is -0.154. The number of hydrogen-bond donors (Lipinski definition) is 2. The van der Waals surface area contributed by atoms with Crippen LogP contribution < -0.4 is 0 Å². The van der Waals surface area contributed by atoms with E-state index in [0.717, 1.165) is 4.90 Å². The molecule has 0 radical (unpaired) electrons. The summed E-state index contributed by atoms with van der Waals surface area (Å²) in [5, 5.41) is 0. The minimum absolute atomic E-state index is 0.848. The summed E-state index contributed by atoms with van der Waals surface area (Å²) in [4.78, 5) is 27.5.